The molecule has 1 fully saturated rings. The van der Waals surface area contributed by atoms with Gasteiger partial charge in [-0.25, -0.2) is 4.79 Å². The number of hydrogen-bond acceptors (Lipinski definition) is 10. The fourth-order valence-electron chi connectivity index (χ4n) is 3.52. The van der Waals surface area contributed by atoms with E-state index in [1.54, 1.807) is 0 Å². The second-order valence-electron chi connectivity index (χ2n) is 8.06. The van der Waals surface area contributed by atoms with E-state index in [9.17, 15) is 45.0 Å². The zero-order valence-corrected chi connectivity index (χ0v) is 17.1. The van der Waals surface area contributed by atoms with Crippen molar-refractivity contribution < 1.29 is 54.5 Å². The van der Waals surface area contributed by atoms with Crippen molar-refractivity contribution >= 4 is 17.8 Å². The lowest BCUT2D eigenvalue weighted by Gasteiger charge is -2.66. The van der Waals surface area contributed by atoms with Crippen LogP contribution in [0.1, 0.15) is 41.5 Å². The average molecular weight is 423 g/mol. The Balaban J connectivity index is 3.71. The van der Waals surface area contributed by atoms with Gasteiger partial charge in [-0.15, -0.1) is 0 Å². The fraction of sp³-hybridized carbons (Fsp3) is 0.824. The Bertz CT molecular complexity index is 693. The maximum atomic E-state index is 11.8. The van der Waals surface area contributed by atoms with Gasteiger partial charge in [0.2, 0.25) is 5.91 Å². The number of nitrogens with one attached hydrogen (secondary N) is 1. The number of carboxylic acid groups (broad SMARTS) is 1. The predicted molar refractivity (Wildman–Crippen MR) is 93.9 cm³/mol. The average Bonchev–Trinajstić information content (AvgIpc) is 2.56. The molecular weight excluding hydrogens is 394 g/mol. The highest BCUT2D eigenvalue weighted by Crippen LogP contribution is 2.57. The highest BCUT2D eigenvalue weighted by atomic mass is 16.7. The number of carboxylic acids is 1. The maximum Gasteiger partial charge on any atom is 0.364 e. The van der Waals surface area contributed by atoms with E-state index < -0.39 is 64.8 Å². The van der Waals surface area contributed by atoms with E-state index in [4.69, 9.17) is 4.74 Å². The number of aliphatic hydroxyl groups is 5. The smallest absolute Gasteiger partial charge is 0.364 e. The van der Waals surface area contributed by atoms with Crippen LogP contribution in [0.4, 0.5) is 0 Å². The highest BCUT2D eigenvalue weighted by molar-refractivity contribution is 5.78. The molecule has 0 radical (unpaired) electrons. The molecule has 1 aliphatic heterocycles. The first-order chi connectivity index (χ1) is 12.8. The summed E-state index contributed by atoms with van der Waals surface area (Å²) >= 11 is 0. The first-order valence-corrected chi connectivity index (χ1v) is 8.70. The van der Waals surface area contributed by atoms with Crippen molar-refractivity contribution in [3.8, 4) is 0 Å². The molecule has 6 atom stereocenters. The van der Waals surface area contributed by atoms with Crippen LogP contribution < -0.4 is 5.32 Å². The van der Waals surface area contributed by atoms with Gasteiger partial charge in [0.1, 0.15) is 30.0 Å². The lowest BCUT2D eigenvalue weighted by Crippen LogP contribution is -2.89. The summed E-state index contributed by atoms with van der Waals surface area (Å²) in [6.45, 7) is 5.15. The summed E-state index contributed by atoms with van der Waals surface area (Å²) in [5.74, 6) is -6.85. The van der Waals surface area contributed by atoms with Crippen molar-refractivity contribution in [2.24, 2.45) is 5.41 Å². The number of carbonyl (C=O) groups is 3. The number of aliphatic carboxylic acids is 1. The molecule has 12 heteroatoms. The van der Waals surface area contributed by atoms with Gasteiger partial charge in [-0.05, 0) is 13.8 Å². The third-order valence-corrected chi connectivity index (χ3v) is 5.88. The van der Waals surface area contributed by atoms with Crippen molar-refractivity contribution in [1.29, 1.82) is 0 Å². The number of esters is 1. The Hall–Kier alpha value is -1.83. The number of aliphatic hydroxyl groups excluding tert-OH is 2. The first-order valence-electron chi connectivity index (χ1n) is 8.70. The van der Waals surface area contributed by atoms with E-state index in [1.165, 1.54) is 0 Å². The number of hydrogen-bond donors (Lipinski definition) is 7. The SMILES string of the molecule is CC(=O)N[C@@]1(O)C(C)(C(O)C(O)COC(C)=O)O[C@](O)(C(=O)O)C(C)(C)C1(C)O. The summed E-state index contributed by atoms with van der Waals surface area (Å²) in [7, 11) is 0. The molecule has 1 saturated heterocycles. The number of carbonyl (C=O) groups excluding carboxylic acids is 2. The van der Waals surface area contributed by atoms with Crippen LogP contribution in [0.15, 0.2) is 0 Å². The molecule has 0 aromatic rings. The van der Waals surface area contributed by atoms with Gasteiger partial charge in [-0.1, -0.05) is 13.8 Å². The molecule has 1 heterocycles. The first kappa shape index (κ1) is 25.2. The Morgan fingerprint density at radius 1 is 1.03 bits per heavy atom. The van der Waals surface area contributed by atoms with Gasteiger partial charge in [0.25, 0.3) is 5.79 Å². The van der Waals surface area contributed by atoms with Gasteiger partial charge in [0, 0.05) is 13.8 Å². The van der Waals surface area contributed by atoms with Crippen LogP contribution in [-0.4, -0.2) is 90.0 Å². The van der Waals surface area contributed by atoms with E-state index in [2.05, 4.69) is 4.74 Å². The van der Waals surface area contributed by atoms with Crippen LogP contribution in [-0.2, 0) is 23.9 Å². The molecule has 0 spiro atoms. The molecule has 0 bridgehead atoms. The molecule has 168 valence electrons. The van der Waals surface area contributed by atoms with Gasteiger partial charge in [0.05, 0.1) is 5.41 Å². The van der Waals surface area contributed by atoms with Crippen molar-refractivity contribution in [2.45, 2.75) is 76.5 Å². The minimum Gasteiger partial charge on any atom is -0.477 e. The Morgan fingerprint density at radius 2 is 1.52 bits per heavy atom. The largest absolute Gasteiger partial charge is 0.477 e. The molecule has 1 rings (SSSR count). The van der Waals surface area contributed by atoms with Gasteiger partial charge >= 0.3 is 11.9 Å². The van der Waals surface area contributed by atoms with Crippen LogP contribution >= 0.6 is 0 Å². The number of ether oxygens (including phenoxy) is 2. The summed E-state index contributed by atoms with van der Waals surface area (Å²) in [4.78, 5) is 34.6. The van der Waals surface area contributed by atoms with Crippen molar-refractivity contribution in [2.75, 3.05) is 6.61 Å². The van der Waals surface area contributed by atoms with E-state index in [1.807, 2.05) is 5.32 Å². The van der Waals surface area contributed by atoms with Gasteiger partial charge in [0.15, 0.2) is 5.72 Å². The highest BCUT2D eigenvalue weighted by Gasteiger charge is 2.80. The van der Waals surface area contributed by atoms with Crippen LogP contribution in [0.25, 0.3) is 0 Å². The van der Waals surface area contributed by atoms with Gasteiger partial charge < -0.3 is 45.4 Å². The topological polar surface area (TPSA) is 203 Å². The molecule has 0 aromatic heterocycles. The summed E-state index contributed by atoms with van der Waals surface area (Å²) in [6.07, 6.45) is -4.22. The Morgan fingerprint density at radius 3 is 1.90 bits per heavy atom. The molecule has 1 aliphatic rings. The van der Waals surface area contributed by atoms with Gasteiger partial charge in [-0.2, -0.15) is 0 Å². The Labute approximate surface area is 167 Å². The maximum absolute atomic E-state index is 11.8. The molecule has 1 amide bonds. The zero-order chi connectivity index (χ0) is 23.2. The van der Waals surface area contributed by atoms with Crippen molar-refractivity contribution in [1.82, 2.24) is 5.32 Å². The lowest BCUT2D eigenvalue weighted by atomic mass is 9.57. The molecule has 4 unspecified atom stereocenters. The van der Waals surface area contributed by atoms with Crippen LogP contribution in [0.2, 0.25) is 0 Å². The third kappa shape index (κ3) is 3.49. The molecule has 7 N–H and O–H groups in total. The normalized spacial score (nSPS) is 38.6. The van der Waals surface area contributed by atoms with Crippen LogP contribution in [0.5, 0.6) is 0 Å². The molecular formula is C17H29NO11. The molecule has 0 aromatic carbocycles. The summed E-state index contributed by atoms with van der Waals surface area (Å²) < 4.78 is 9.85. The molecule has 0 aliphatic carbocycles. The lowest BCUT2D eigenvalue weighted by molar-refractivity contribution is -0.446. The minimum absolute atomic E-state index is 0.789. The van der Waals surface area contributed by atoms with Crippen molar-refractivity contribution in [3.05, 3.63) is 0 Å². The third-order valence-electron chi connectivity index (χ3n) is 5.88. The van der Waals surface area contributed by atoms with E-state index in [0.29, 0.717) is 0 Å². The minimum atomic E-state index is -3.18. The quantitative estimate of drug-likeness (QED) is 0.175. The second-order valence-corrected chi connectivity index (χ2v) is 8.06. The molecule has 29 heavy (non-hydrogen) atoms. The van der Waals surface area contributed by atoms with Crippen LogP contribution in [0.3, 0.4) is 0 Å². The second kappa shape index (κ2) is 7.45. The zero-order valence-electron chi connectivity index (χ0n) is 17.1. The van der Waals surface area contributed by atoms with Gasteiger partial charge in [-0.3, -0.25) is 9.59 Å². The Kier molecular flexibility index (Phi) is 6.48. The van der Waals surface area contributed by atoms with E-state index in [-0.39, 0.29) is 0 Å². The summed E-state index contributed by atoms with van der Waals surface area (Å²) in [6, 6.07) is 0. The van der Waals surface area contributed by atoms with E-state index in [0.717, 1.165) is 41.5 Å². The van der Waals surface area contributed by atoms with E-state index >= 15 is 0 Å². The monoisotopic (exact) mass is 423 g/mol. The molecule has 12 nitrogen and oxygen atoms in total. The predicted octanol–water partition coefficient (Wildman–Crippen LogP) is -2.56. The van der Waals surface area contributed by atoms with Crippen molar-refractivity contribution in [3.63, 3.8) is 0 Å². The van der Waals surface area contributed by atoms with Crippen LogP contribution in [0, 0.1) is 5.41 Å². The molecule has 0 saturated carbocycles. The standard InChI is InChI=1S/C17H29NO11/c1-8(19)18-17(27)14(5,11(22)10(21)7-28-9(2)20)29-16(26,12(23)24)13(3,4)15(17,6)25/h10-11,21-22,25-27H,7H2,1-6H3,(H,18,19)(H,23,24)/t10?,11?,14?,15?,16-,17-/m1/s1. The summed E-state index contributed by atoms with van der Waals surface area (Å²) in [5, 5.41) is 65.8. The number of rotatable bonds is 6. The summed E-state index contributed by atoms with van der Waals surface area (Å²) in [5.41, 5.74) is -10.4. The number of amides is 1. The fourth-order valence-corrected chi connectivity index (χ4v) is 3.52.